The molecule has 2 amide bonds. The number of nitrogens with two attached hydrogens (primary N) is 1. The number of primary amides is 1. The Morgan fingerprint density at radius 3 is 2.50 bits per heavy atom. The molecule has 0 aromatic heterocycles. The van der Waals surface area contributed by atoms with E-state index in [4.69, 9.17) is 10.6 Å². The van der Waals surface area contributed by atoms with E-state index in [0.29, 0.717) is 5.75 Å². The fourth-order valence-corrected chi connectivity index (χ4v) is 1.83. The molecule has 0 heterocycles. The van der Waals surface area contributed by atoms with Crippen molar-refractivity contribution in [3.63, 3.8) is 0 Å². The lowest BCUT2D eigenvalue weighted by Gasteiger charge is -2.20. The highest BCUT2D eigenvalue weighted by Crippen LogP contribution is 2.21. The van der Waals surface area contributed by atoms with Crippen LogP contribution >= 0.6 is 0 Å². The quantitative estimate of drug-likeness (QED) is 0.844. The number of hydrogen-bond acceptors (Lipinski definition) is 3. The molecule has 20 heavy (non-hydrogen) atoms. The van der Waals surface area contributed by atoms with Gasteiger partial charge in [-0.1, -0.05) is 30.3 Å². The van der Waals surface area contributed by atoms with Crippen LogP contribution in [0.3, 0.4) is 0 Å². The van der Waals surface area contributed by atoms with Gasteiger partial charge in [-0.25, -0.2) is 0 Å². The first-order valence-electron chi connectivity index (χ1n) is 6.29. The molecule has 5 heteroatoms. The van der Waals surface area contributed by atoms with Crippen molar-refractivity contribution >= 4 is 22.6 Å². The summed E-state index contributed by atoms with van der Waals surface area (Å²) in [7, 11) is 0. The van der Waals surface area contributed by atoms with Crippen LogP contribution in [0.15, 0.2) is 42.5 Å². The second kappa shape index (κ2) is 6.06. The lowest BCUT2D eigenvalue weighted by atomic mass is 10.1. The van der Waals surface area contributed by atoms with Crippen LogP contribution < -0.4 is 10.6 Å². The van der Waals surface area contributed by atoms with Gasteiger partial charge in [0.15, 0.2) is 5.75 Å². The number of carbonyl (C=O) groups excluding carboxylic acids is 2. The van der Waals surface area contributed by atoms with Gasteiger partial charge < -0.3 is 10.6 Å². The van der Waals surface area contributed by atoms with Gasteiger partial charge in [0.25, 0.3) is 5.91 Å². The SMILES string of the molecule is CC(=O)N(CCC(N)=O)Oc1ccc2ccccc2c1. The average Bonchev–Trinajstić information content (AvgIpc) is 2.42. The number of fused-ring (bicyclic) bond motifs is 1. The van der Waals surface area contributed by atoms with Gasteiger partial charge in [0, 0.05) is 13.3 Å². The summed E-state index contributed by atoms with van der Waals surface area (Å²) in [6.07, 6.45) is 0.0627. The van der Waals surface area contributed by atoms with Crippen LogP contribution in [-0.4, -0.2) is 23.4 Å². The van der Waals surface area contributed by atoms with Gasteiger partial charge >= 0.3 is 0 Å². The summed E-state index contributed by atoms with van der Waals surface area (Å²) in [5.41, 5.74) is 5.08. The molecule has 0 fully saturated rings. The molecule has 2 N–H and O–H groups in total. The zero-order valence-electron chi connectivity index (χ0n) is 11.2. The first-order valence-corrected chi connectivity index (χ1v) is 6.29. The van der Waals surface area contributed by atoms with Crippen molar-refractivity contribution in [1.29, 1.82) is 0 Å². The van der Waals surface area contributed by atoms with E-state index in [0.717, 1.165) is 15.8 Å². The number of amides is 2. The van der Waals surface area contributed by atoms with Crippen molar-refractivity contribution in [3.05, 3.63) is 42.5 Å². The van der Waals surface area contributed by atoms with Gasteiger partial charge in [0.05, 0.1) is 6.54 Å². The van der Waals surface area contributed by atoms with E-state index in [-0.39, 0.29) is 18.9 Å². The third-order valence-corrected chi connectivity index (χ3v) is 2.85. The topological polar surface area (TPSA) is 72.6 Å². The van der Waals surface area contributed by atoms with Crippen molar-refractivity contribution in [2.75, 3.05) is 6.54 Å². The third kappa shape index (κ3) is 3.47. The van der Waals surface area contributed by atoms with Crippen LogP contribution in [0.2, 0.25) is 0 Å². The summed E-state index contributed by atoms with van der Waals surface area (Å²) < 4.78 is 0. The lowest BCUT2D eigenvalue weighted by Crippen LogP contribution is -2.35. The fourth-order valence-electron chi connectivity index (χ4n) is 1.83. The molecule has 2 aromatic rings. The summed E-state index contributed by atoms with van der Waals surface area (Å²) in [5.74, 6) is -0.207. The van der Waals surface area contributed by atoms with E-state index in [1.54, 1.807) is 6.07 Å². The molecule has 0 aliphatic heterocycles. The number of hydroxylamine groups is 2. The van der Waals surface area contributed by atoms with Crippen LogP contribution in [0.4, 0.5) is 0 Å². The molecule has 0 saturated carbocycles. The first kappa shape index (κ1) is 13.9. The highest BCUT2D eigenvalue weighted by molar-refractivity contribution is 5.83. The van der Waals surface area contributed by atoms with Gasteiger partial charge in [-0.15, -0.1) is 0 Å². The molecular formula is C15H16N2O3. The van der Waals surface area contributed by atoms with E-state index in [1.165, 1.54) is 6.92 Å². The van der Waals surface area contributed by atoms with E-state index in [9.17, 15) is 9.59 Å². The predicted molar refractivity (Wildman–Crippen MR) is 75.8 cm³/mol. The molecule has 0 saturated heterocycles. The second-order valence-corrected chi connectivity index (χ2v) is 4.44. The molecule has 0 spiro atoms. The molecule has 0 aliphatic rings. The Bertz CT molecular complexity index is 640. The summed E-state index contributed by atoms with van der Waals surface area (Å²) in [5, 5.41) is 3.24. The zero-order valence-corrected chi connectivity index (χ0v) is 11.2. The van der Waals surface area contributed by atoms with Crippen molar-refractivity contribution in [3.8, 4) is 5.75 Å². The summed E-state index contributed by atoms with van der Waals surface area (Å²) in [6.45, 7) is 1.51. The van der Waals surface area contributed by atoms with Gasteiger partial charge in [-0.05, 0) is 22.9 Å². The highest BCUT2D eigenvalue weighted by Gasteiger charge is 2.12. The van der Waals surface area contributed by atoms with E-state index < -0.39 is 5.91 Å². The number of nitrogens with zero attached hydrogens (tertiary/aromatic N) is 1. The molecule has 0 bridgehead atoms. The molecular weight excluding hydrogens is 256 g/mol. The molecule has 5 nitrogen and oxygen atoms in total. The maximum Gasteiger partial charge on any atom is 0.252 e. The smallest absolute Gasteiger partial charge is 0.252 e. The van der Waals surface area contributed by atoms with Crippen LogP contribution in [0.5, 0.6) is 5.75 Å². The summed E-state index contributed by atoms with van der Waals surface area (Å²) in [6, 6.07) is 13.4. The van der Waals surface area contributed by atoms with Gasteiger partial charge in [-0.3, -0.25) is 9.59 Å². The van der Waals surface area contributed by atoms with Crippen LogP contribution in [0.25, 0.3) is 10.8 Å². The Labute approximate surface area is 116 Å². The normalized spacial score (nSPS) is 10.2. The van der Waals surface area contributed by atoms with Crippen LogP contribution in [0.1, 0.15) is 13.3 Å². The lowest BCUT2D eigenvalue weighted by molar-refractivity contribution is -0.155. The van der Waals surface area contributed by atoms with Crippen molar-refractivity contribution < 1.29 is 14.4 Å². The highest BCUT2D eigenvalue weighted by atomic mass is 16.7. The molecule has 0 aliphatic carbocycles. The van der Waals surface area contributed by atoms with Crippen molar-refractivity contribution in [1.82, 2.24) is 5.06 Å². The van der Waals surface area contributed by atoms with E-state index >= 15 is 0 Å². The second-order valence-electron chi connectivity index (χ2n) is 4.44. The third-order valence-electron chi connectivity index (χ3n) is 2.85. The van der Waals surface area contributed by atoms with Gasteiger partial charge in [0.1, 0.15) is 0 Å². The van der Waals surface area contributed by atoms with Crippen LogP contribution in [-0.2, 0) is 9.59 Å². The molecule has 2 rings (SSSR count). The number of benzene rings is 2. The monoisotopic (exact) mass is 272 g/mol. The summed E-state index contributed by atoms with van der Waals surface area (Å²) in [4.78, 5) is 27.8. The minimum Gasteiger partial charge on any atom is -0.377 e. The maximum absolute atomic E-state index is 11.5. The van der Waals surface area contributed by atoms with E-state index in [1.807, 2.05) is 36.4 Å². The number of hydrogen-bond donors (Lipinski definition) is 1. The largest absolute Gasteiger partial charge is 0.377 e. The van der Waals surface area contributed by atoms with E-state index in [2.05, 4.69) is 0 Å². The molecule has 104 valence electrons. The van der Waals surface area contributed by atoms with Crippen LogP contribution in [0, 0.1) is 0 Å². The molecule has 0 atom stereocenters. The first-order chi connectivity index (χ1) is 9.56. The van der Waals surface area contributed by atoms with Crippen molar-refractivity contribution in [2.45, 2.75) is 13.3 Å². The van der Waals surface area contributed by atoms with Crippen molar-refractivity contribution in [2.24, 2.45) is 5.73 Å². The maximum atomic E-state index is 11.5. The Kier molecular flexibility index (Phi) is 4.20. The minimum absolute atomic E-state index is 0.0627. The number of carbonyl (C=O) groups is 2. The summed E-state index contributed by atoms with van der Waals surface area (Å²) >= 11 is 0. The Hall–Kier alpha value is -2.56. The van der Waals surface area contributed by atoms with Gasteiger partial charge in [-0.2, -0.15) is 5.06 Å². The Morgan fingerprint density at radius 2 is 1.85 bits per heavy atom. The zero-order chi connectivity index (χ0) is 14.5. The molecule has 0 radical (unpaired) electrons. The number of rotatable bonds is 5. The minimum atomic E-state index is -0.474. The average molecular weight is 272 g/mol. The molecule has 0 unspecified atom stereocenters. The predicted octanol–water partition coefficient (Wildman–Crippen LogP) is 1.86. The standard InChI is InChI=1S/C15H16N2O3/c1-11(18)17(9-8-15(16)19)20-14-7-6-12-4-2-3-5-13(12)10-14/h2-7,10H,8-9H2,1H3,(H2,16,19). The Morgan fingerprint density at radius 1 is 1.15 bits per heavy atom. The molecule has 2 aromatic carbocycles. The Balaban J connectivity index is 2.15. The fraction of sp³-hybridized carbons (Fsp3) is 0.200. The van der Waals surface area contributed by atoms with Gasteiger partial charge in [0.2, 0.25) is 5.91 Å².